The van der Waals surface area contributed by atoms with Crippen molar-refractivity contribution >= 4 is 23.2 Å². The SMILES string of the molecule is CC(O)(CC(=O)Nc1ccc(Cl)cc1F)c1ccccc1. The number of nitrogens with one attached hydrogen (secondary N) is 1. The minimum absolute atomic E-state index is 0.0354. The fourth-order valence-corrected chi connectivity index (χ4v) is 2.16. The van der Waals surface area contributed by atoms with Gasteiger partial charge in [-0.2, -0.15) is 0 Å². The Hall–Kier alpha value is -1.91. The summed E-state index contributed by atoms with van der Waals surface area (Å²) in [5.74, 6) is -1.10. The molecule has 0 saturated heterocycles. The Balaban J connectivity index is 2.08. The summed E-state index contributed by atoms with van der Waals surface area (Å²) in [6, 6.07) is 12.8. The van der Waals surface area contributed by atoms with Crippen LogP contribution in [0.5, 0.6) is 0 Å². The van der Waals surface area contributed by atoms with Crippen LogP contribution in [0.3, 0.4) is 0 Å². The van der Waals surface area contributed by atoms with E-state index >= 15 is 0 Å². The minimum Gasteiger partial charge on any atom is -0.385 e. The van der Waals surface area contributed by atoms with Gasteiger partial charge in [-0.3, -0.25) is 4.79 Å². The second kappa shape index (κ2) is 6.24. The normalized spacial score (nSPS) is 13.5. The van der Waals surface area contributed by atoms with E-state index in [2.05, 4.69) is 5.32 Å². The van der Waals surface area contributed by atoms with Gasteiger partial charge in [-0.15, -0.1) is 0 Å². The highest BCUT2D eigenvalue weighted by Gasteiger charge is 2.26. The number of hydrogen-bond donors (Lipinski definition) is 2. The molecule has 0 aliphatic rings. The minimum atomic E-state index is -1.33. The molecule has 0 aliphatic carbocycles. The summed E-state index contributed by atoms with van der Waals surface area (Å²) in [6.07, 6.45) is -0.181. The number of rotatable bonds is 4. The lowest BCUT2D eigenvalue weighted by molar-refractivity contribution is -0.120. The van der Waals surface area contributed by atoms with E-state index < -0.39 is 17.3 Å². The Bertz CT molecular complexity index is 644. The Kier molecular flexibility index (Phi) is 4.60. The molecule has 0 spiro atoms. The van der Waals surface area contributed by atoms with Crippen molar-refractivity contribution in [1.29, 1.82) is 0 Å². The van der Waals surface area contributed by atoms with Crippen LogP contribution in [0.25, 0.3) is 0 Å². The fraction of sp³-hybridized carbons (Fsp3) is 0.188. The molecule has 0 aromatic heterocycles. The topological polar surface area (TPSA) is 49.3 Å². The van der Waals surface area contributed by atoms with Crippen molar-refractivity contribution in [2.24, 2.45) is 0 Å². The molecule has 110 valence electrons. The van der Waals surface area contributed by atoms with Gasteiger partial charge in [-0.1, -0.05) is 41.9 Å². The first-order valence-corrected chi connectivity index (χ1v) is 6.79. The molecule has 5 heteroatoms. The summed E-state index contributed by atoms with van der Waals surface area (Å²) in [4.78, 5) is 12.0. The Morgan fingerprint density at radius 3 is 2.57 bits per heavy atom. The van der Waals surface area contributed by atoms with Crippen molar-refractivity contribution in [2.75, 3.05) is 5.32 Å². The van der Waals surface area contributed by atoms with Crippen LogP contribution in [0, 0.1) is 5.82 Å². The molecule has 2 N–H and O–H groups in total. The van der Waals surface area contributed by atoms with E-state index in [1.807, 2.05) is 6.07 Å². The Morgan fingerprint density at radius 1 is 1.29 bits per heavy atom. The molecule has 3 nitrogen and oxygen atoms in total. The maximum atomic E-state index is 13.6. The number of carbonyl (C=O) groups is 1. The summed E-state index contributed by atoms with van der Waals surface area (Å²) >= 11 is 5.65. The van der Waals surface area contributed by atoms with Crippen molar-refractivity contribution in [3.8, 4) is 0 Å². The summed E-state index contributed by atoms with van der Waals surface area (Å²) in [6.45, 7) is 1.54. The van der Waals surface area contributed by atoms with Gasteiger partial charge in [0.1, 0.15) is 5.82 Å². The summed E-state index contributed by atoms with van der Waals surface area (Å²) in [5.41, 5.74) is -0.668. The largest absolute Gasteiger partial charge is 0.385 e. The fourth-order valence-electron chi connectivity index (χ4n) is 2.00. The van der Waals surface area contributed by atoms with Crippen molar-refractivity contribution in [3.05, 3.63) is 64.9 Å². The van der Waals surface area contributed by atoms with E-state index in [1.54, 1.807) is 31.2 Å². The molecule has 1 atom stereocenters. The average molecular weight is 308 g/mol. The molecule has 0 fully saturated rings. The van der Waals surface area contributed by atoms with E-state index in [-0.39, 0.29) is 17.1 Å². The summed E-state index contributed by atoms with van der Waals surface area (Å²) in [5, 5.41) is 13.1. The smallest absolute Gasteiger partial charge is 0.227 e. The third kappa shape index (κ3) is 4.03. The zero-order valence-corrected chi connectivity index (χ0v) is 12.2. The number of aliphatic hydroxyl groups is 1. The standard InChI is InChI=1S/C16H15ClFNO2/c1-16(21,11-5-3-2-4-6-11)10-15(20)19-14-8-7-12(17)9-13(14)18/h2-9,21H,10H2,1H3,(H,19,20). The second-order valence-electron chi connectivity index (χ2n) is 4.99. The predicted molar refractivity (Wildman–Crippen MR) is 80.7 cm³/mol. The van der Waals surface area contributed by atoms with E-state index in [9.17, 15) is 14.3 Å². The molecule has 1 amide bonds. The third-order valence-corrected chi connectivity index (χ3v) is 3.34. The van der Waals surface area contributed by atoms with Gasteiger partial charge in [0.05, 0.1) is 17.7 Å². The monoisotopic (exact) mass is 307 g/mol. The van der Waals surface area contributed by atoms with Crippen LogP contribution in [0.2, 0.25) is 5.02 Å². The van der Waals surface area contributed by atoms with E-state index in [0.29, 0.717) is 5.56 Å². The van der Waals surface area contributed by atoms with Crippen LogP contribution in [-0.4, -0.2) is 11.0 Å². The van der Waals surface area contributed by atoms with Crippen LogP contribution in [0.1, 0.15) is 18.9 Å². The predicted octanol–water partition coefficient (Wildman–Crippen LogP) is 3.72. The molecule has 0 saturated carbocycles. The van der Waals surface area contributed by atoms with Crippen LogP contribution < -0.4 is 5.32 Å². The maximum Gasteiger partial charge on any atom is 0.227 e. The summed E-state index contributed by atoms with van der Waals surface area (Å²) < 4.78 is 13.6. The molecule has 2 aromatic carbocycles. The van der Waals surface area contributed by atoms with Crippen molar-refractivity contribution in [3.63, 3.8) is 0 Å². The number of hydrogen-bond acceptors (Lipinski definition) is 2. The lowest BCUT2D eigenvalue weighted by atomic mass is 9.92. The summed E-state index contributed by atoms with van der Waals surface area (Å²) in [7, 11) is 0. The van der Waals surface area contributed by atoms with Crippen LogP contribution >= 0.6 is 11.6 Å². The molecule has 2 aromatic rings. The first-order chi connectivity index (χ1) is 9.88. The van der Waals surface area contributed by atoms with Gasteiger partial charge in [0, 0.05) is 5.02 Å². The van der Waals surface area contributed by atoms with Gasteiger partial charge in [-0.25, -0.2) is 4.39 Å². The third-order valence-electron chi connectivity index (χ3n) is 3.11. The molecular weight excluding hydrogens is 293 g/mol. The van der Waals surface area contributed by atoms with Crippen molar-refractivity contribution < 1.29 is 14.3 Å². The van der Waals surface area contributed by atoms with Crippen molar-refractivity contribution in [2.45, 2.75) is 18.9 Å². The molecule has 0 bridgehead atoms. The highest BCUT2D eigenvalue weighted by Crippen LogP contribution is 2.25. The van der Waals surface area contributed by atoms with Gasteiger partial charge < -0.3 is 10.4 Å². The lowest BCUT2D eigenvalue weighted by Crippen LogP contribution is -2.28. The van der Waals surface area contributed by atoms with Crippen LogP contribution in [0.4, 0.5) is 10.1 Å². The highest BCUT2D eigenvalue weighted by molar-refractivity contribution is 6.30. The number of amides is 1. The van der Waals surface area contributed by atoms with Crippen molar-refractivity contribution in [1.82, 2.24) is 0 Å². The average Bonchev–Trinajstić information content (AvgIpc) is 2.42. The van der Waals surface area contributed by atoms with E-state index in [0.717, 1.165) is 6.07 Å². The second-order valence-corrected chi connectivity index (χ2v) is 5.43. The van der Waals surface area contributed by atoms with Crippen LogP contribution in [0.15, 0.2) is 48.5 Å². The van der Waals surface area contributed by atoms with Crippen LogP contribution in [-0.2, 0) is 10.4 Å². The van der Waals surface area contributed by atoms with Gasteiger partial charge in [0.25, 0.3) is 0 Å². The van der Waals surface area contributed by atoms with E-state index in [1.165, 1.54) is 12.1 Å². The molecule has 1 unspecified atom stereocenters. The van der Waals surface area contributed by atoms with Gasteiger partial charge in [0.2, 0.25) is 5.91 Å². The number of benzene rings is 2. The van der Waals surface area contributed by atoms with Gasteiger partial charge >= 0.3 is 0 Å². The quantitative estimate of drug-likeness (QED) is 0.904. The maximum absolute atomic E-state index is 13.6. The van der Waals surface area contributed by atoms with E-state index in [4.69, 9.17) is 11.6 Å². The number of anilines is 1. The zero-order valence-electron chi connectivity index (χ0n) is 11.4. The molecular formula is C16H15ClFNO2. The zero-order chi connectivity index (χ0) is 15.5. The number of carbonyl (C=O) groups excluding carboxylic acids is 1. The lowest BCUT2D eigenvalue weighted by Gasteiger charge is -2.23. The molecule has 0 aliphatic heterocycles. The van der Waals surface area contributed by atoms with Gasteiger partial charge in [-0.05, 0) is 30.7 Å². The molecule has 0 heterocycles. The highest BCUT2D eigenvalue weighted by atomic mass is 35.5. The molecule has 2 rings (SSSR count). The molecule has 21 heavy (non-hydrogen) atoms. The first-order valence-electron chi connectivity index (χ1n) is 6.41. The number of halogens is 2. The Morgan fingerprint density at radius 2 is 1.95 bits per heavy atom. The first kappa shape index (κ1) is 15.5. The Labute approximate surface area is 127 Å². The molecule has 0 radical (unpaired) electrons. The van der Waals surface area contributed by atoms with Gasteiger partial charge in [0.15, 0.2) is 0 Å².